The smallest absolute Gasteiger partial charge is 0.127 e. The Balaban J connectivity index is 2.40. The monoisotopic (exact) mass is 302 g/mol. The summed E-state index contributed by atoms with van der Waals surface area (Å²) in [6.07, 6.45) is 2.11. The van der Waals surface area contributed by atoms with E-state index in [1.165, 1.54) is 11.1 Å². The third-order valence-electron chi connectivity index (χ3n) is 3.22. The minimum absolute atomic E-state index is 0.322. The lowest BCUT2D eigenvalue weighted by atomic mass is 9.96. The van der Waals surface area contributed by atoms with Crippen molar-refractivity contribution in [3.8, 4) is 5.75 Å². The van der Waals surface area contributed by atoms with Gasteiger partial charge in [-0.05, 0) is 23.6 Å². The molecule has 0 bridgehead atoms. The standard InChI is InChI=1S/C13H16BrClO/c1-3-8(2)12(14)11-7-10(15)6-9-4-5-16-13(9)11/h6-8,12H,3-5H2,1-2H3. The lowest BCUT2D eigenvalue weighted by Crippen LogP contribution is -2.04. The van der Waals surface area contributed by atoms with Crippen LogP contribution < -0.4 is 4.74 Å². The van der Waals surface area contributed by atoms with Gasteiger partial charge in [0.2, 0.25) is 0 Å². The quantitative estimate of drug-likeness (QED) is 0.732. The summed E-state index contributed by atoms with van der Waals surface area (Å²) in [4.78, 5) is 0.322. The molecule has 0 saturated heterocycles. The minimum atomic E-state index is 0.322. The van der Waals surface area contributed by atoms with Crippen LogP contribution >= 0.6 is 27.5 Å². The van der Waals surface area contributed by atoms with E-state index in [9.17, 15) is 0 Å². The molecule has 1 aliphatic rings. The van der Waals surface area contributed by atoms with E-state index in [0.29, 0.717) is 10.7 Å². The fourth-order valence-electron chi connectivity index (χ4n) is 2.02. The van der Waals surface area contributed by atoms with Crippen molar-refractivity contribution in [2.45, 2.75) is 31.5 Å². The number of rotatable bonds is 3. The van der Waals surface area contributed by atoms with Crippen LogP contribution in [0, 0.1) is 5.92 Å². The SMILES string of the molecule is CCC(C)C(Br)c1cc(Cl)cc2c1OCC2. The molecule has 0 N–H and O–H groups in total. The van der Waals surface area contributed by atoms with E-state index in [0.717, 1.165) is 30.2 Å². The van der Waals surface area contributed by atoms with E-state index < -0.39 is 0 Å². The molecule has 0 aliphatic carbocycles. The fraction of sp³-hybridized carbons (Fsp3) is 0.538. The van der Waals surface area contributed by atoms with Crippen LogP contribution in [0.5, 0.6) is 5.75 Å². The average Bonchev–Trinajstić information content (AvgIpc) is 2.73. The minimum Gasteiger partial charge on any atom is -0.493 e. The molecule has 0 fully saturated rings. The van der Waals surface area contributed by atoms with Gasteiger partial charge in [-0.1, -0.05) is 47.8 Å². The van der Waals surface area contributed by atoms with Gasteiger partial charge in [-0.2, -0.15) is 0 Å². The van der Waals surface area contributed by atoms with E-state index >= 15 is 0 Å². The van der Waals surface area contributed by atoms with Crippen LogP contribution in [0.3, 0.4) is 0 Å². The van der Waals surface area contributed by atoms with Crippen molar-refractivity contribution in [2.24, 2.45) is 5.92 Å². The highest BCUT2D eigenvalue weighted by Gasteiger charge is 2.24. The van der Waals surface area contributed by atoms with Gasteiger partial charge in [-0.25, -0.2) is 0 Å². The molecule has 1 heterocycles. The van der Waals surface area contributed by atoms with Crippen LogP contribution in [0.4, 0.5) is 0 Å². The number of ether oxygens (including phenoxy) is 1. The summed E-state index contributed by atoms with van der Waals surface area (Å²) in [6, 6.07) is 4.04. The Morgan fingerprint density at radius 3 is 2.94 bits per heavy atom. The van der Waals surface area contributed by atoms with Crippen molar-refractivity contribution in [2.75, 3.05) is 6.61 Å². The van der Waals surface area contributed by atoms with Crippen LogP contribution in [0.15, 0.2) is 12.1 Å². The Bertz CT molecular complexity index is 392. The third kappa shape index (κ3) is 2.23. The number of benzene rings is 1. The molecule has 1 aromatic rings. The Morgan fingerprint density at radius 2 is 2.25 bits per heavy atom. The summed E-state index contributed by atoms with van der Waals surface area (Å²) in [5.74, 6) is 1.62. The zero-order valence-electron chi connectivity index (χ0n) is 9.59. The molecule has 1 nitrogen and oxygen atoms in total. The van der Waals surface area contributed by atoms with Crippen LogP contribution in [0.25, 0.3) is 0 Å². The van der Waals surface area contributed by atoms with Crippen molar-refractivity contribution in [1.29, 1.82) is 0 Å². The molecule has 0 saturated carbocycles. The van der Waals surface area contributed by atoms with Gasteiger partial charge in [0.15, 0.2) is 0 Å². The Morgan fingerprint density at radius 1 is 1.50 bits per heavy atom. The summed E-state index contributed by atoms with van der Waals surface area (Å²) < 4.78 is 5.71. The zero-order valence-corrected chi connectivity index (χ0v) is 11.9. The average molecular weight is 304 g/mol. The van der Waals surface area contributed by atoms with Crippen LogP contribution in [0.1, 0.15) is 36.2 Å². The Hall–Kier alpha value is -0.210. The molecule has 88 valence electrons. The van der Waals surface area contributed by atoms with Crippen molar-refractivity contribution in [3.05, 3.63) is 28.3 Å². The third-order valence-corrected chi connectivity index (χ3v) is 4.83. The van der Waals surface area contributed by atoms with Crippen LogP contribution in [-0.4, -0.2) is 6.61 Å². The van der Waals surface area contributed by atoms with Gasteiger partial charge in [0, 0.05) is 21.8 Å². The number of alkyl halides is 1. The van der Waals surface area contributed by atoms with E-state index in [2.05, 4.69) is 29.8 Å². The Labute approximate surface area is 110 Å². The van der Waals surface area contributed by atoms with E-state index in [-0.39, 0.29) is 0 Å². The lowest BCUT2D eigenvalue weighted by molar-refractivity contribution is 0.351. The molecule has 3 heteroatoms. The molecular weight excluding hydrogens is 287 g/mol. The van der Waals surface area contributed by atoms with Gasteiger partial charge in [-0.3, -0.25) is 0 Å². The molecule has 0 aromatic heterocycles. The van der Waals surface area contributed by atoms with Crippen LogP contribution in [-0.2, 0) is 6.42 Å². The molecule has 2 rings (SSSR count). The van der Waals surface area contributed by atoms with Crippen molar-refractivity contribution in [1.82, 2.24) is 0 Å². The maximum Gasteiger partial charge on any atom is 0.127 e. The first-order valence-corrected chi connectivity index (χ1v) is 7.02. The van der Waals surface area contributed by atoms with E-state index in [1.807, 2.05) is 12.1 Å². The second-order valence-electron chi connectivity index (χ2n) is 4.37. The van der Waals surface area contributed by atoms with Gasteiger partial charge in [0.1, 0.15) is 5.75 Å². The molecule has 2 atom stereocenters. The van der Waals surface area contributed by atoms with Crippen LogP contribution in [0.2, 0.25) is 5.02 Å². The zero-order chi connectivity index (χ0) is 11.7. The number of hydrogen-bond acceptors (Lipinski definition) is 1. The molecular formula is C13H16BrClO. The van der Waals surface area contributed by atoms with Crippen molar-refractivity contribution >= 4 is 27.5 Å². The summed E-state index contributed by atoms with van der Waals surface area (Å²) >= 11 is 9.90. The van der Waals surface area contributed by atoms with E-state index in [1.54, 1.807) is 0 Å². The predicted molar refractivity (Wildman–Crippen MR) is 71.8 cm³/mol. The molecule has 0 spiro atoms. The predicted octanol–water partition coefficient (Wildman–Crippen LogP) is 4.76. The first kappa shape index (κ1) is 12.3. The van der Waals surface area contributed by atoms with E-state index in [4.69, 9.17) is 16.3 Å². The Kier molecular flexibility index (Phi) is 3.81. The summed E-state index contributed by atoms with van der Waals surface area (Å²) in [7, 11) is 0. The number of hydrogen-bond donors (Lipinski definition) is 0. The maximum absolute atomic E-state index is 6.14. The van der Waals surface area contributed by atoms with Gasteiger partial charge in [0.05, 0.1) is 6.61 Å². The van der Waals surface area contributed by atoms with Crippen molar-refractivity contribution < 1.29 is 4.74 Å². The molecule has 0 radical (unpaired) electrons. The second kappa shape index (κ2) is 4.97. The summed E-state index contributed by atoms with van der Waals surface area (Å²) in [5.41, 5.74) is 2.45. The first-order chi connectivity index (χ1) is 7.63. The second-order valence-corrected chi connectivity index (χ2v) is 5.79. The molecule has 16 heavy (non-hydrogen) atoms. The highest BCUT2D eigenvalue weighted by Crippen LogP contribution is 2.43. The van der Waals surface area contributed by atoms with Gasteiger partial charge in [0.25, 0.3) is 0 Å². The van der Waals surface area contributed by atoms with Gasteiger partial charge >= 0.3 is 0 Å². The van der Waals surface area contributed by atoms with Gasteiger partial charge < -0.3 is 4.74 Å². The molecule has 2 unspecified atom stereocenters. The fourth-order valence-corrected chi connectivity index (χ4v) is 2.98. The van der Waals surface area contributed by atoms with Gasteiger partial charge in [-0.15, -0.1) is 0 Å². The number of halogens is 2. The highest BCUT2D eigenvalue weighted by atomic mass is 79.9. The lowest BCUT2D eigenvalue weighted by Gasteiger charge is -2.19. The maximum atomic E-state index is 6.14. The molecule has 0 amide bonds. The topological polar surface area (TPSA) is 9.23 Å². The largest absolute Gasteiger partial charge is 0.493 e. The molecule has 1 aromatic carbocycles. The first-order valence-electron chi connectivity index (χ1n) is 5.72. The number of fused-ring (bicyclic) bond motifs is 1. The summed E-state index contributed by atoms with van der Waals surface area (Å²) in [6.45, 7) is 5.22. The summed E-state index contributed by atoms with van der Waals surface area (Å²) in [5, 5.41) is 0.812. The molecule has 1 aliphatic heterocycles. The van der Waals surface area contributed by atoms with Crippen molar-refractivity contribution in [3.63, 3.8) is 0 Å². The normalized spacial score (nSPS) is 17.8. The highest BCUT2D eigenvalue weighted by molar-refractivity contribution is 9.09.